The molecule has 1 saturated heterocycles. The van der Waals surface area contributed by atoms with Crippen LogP contribution in [0.25, 0.3) is 27.4 Å². The zero-order valence-corrected chi connectivity index (χ0v) is 20.7. The first-order chi connectivity index (χ1) is 17.6. The SMILES string of the molecule is Cc1ccc2c(c1)nnc1nnc(SCC(=O)N3CCCN3C(=O)c3csc(-c4cccnc4)n3)n12. The number of carbonyl (C=O) groups excluding carboxylic acids is 2. The molecule has 5 heterocycles. The number of amides is 2. The van der Waals surface area contributed by atoms with Gasteiger partial charge in [0, 0.05) is 36.4 Å². The maximum atomic E-state index is 13.2. The molecular weight excluding hydrogens is 498 g/mol. The summed E-state index contributed by atoms with van der Waals surface area (Å²) in [7, 11) is 0. The third-order valence-corrected chi connectivity index (χ3v) is 7.55. The molecule has 0 bridgehead atoms. The minimum absolute atomic E-state index is 0.0955. The summed E-state index contributed by atoms with van der Waals surface area (Å²) in [5.74, 6) is -0.0142. The molecule has 0 N–H and O–H groups in total. The highest BCUT2D eigenvalue weighted by Crippen LogP contribution is 2.26. The lowest BCUT2D eigenvalue weighted by atomic mass is 10.2. The first-order valence-corrected chi connectivity index (χ1v) is 13.0. The van der Waals surface area contributed by atoms with Gasteiger partial charge < -0.3 is 0 Å². The predicted octanol–water partition coefficient (Wildman–Crippen LogP) is 2.88. The first-order valence-electron chi connectivity index (χ1n) is 11.2. The summed E-state index contributed by atoms with van der Waals surface area (Å²) in [6, 6.07) is 9.58. The molecule has 4 aromatic heterocycles. The van der Waals surface area contributed by atoms with Crippen LogP contribution >= 0.6 is 23.1 Å². The normalized spacial score (nSPS) is 13.7. The van der Waals surface area contributed by atoms with Gasteiger partial charge in [0.1, 0.15) is 16.2 Å². The molecule has 180 valence electrons. The monoisotopic (exact) mass is 517 g/mol. The number of rotatable bonds is 5. The minimum Gasteiger partial charge on any atom is -0.272 e. The van der Waals surface area contributed by atoms with E-state index in [1.165, 1.54) is 33.1 Å². The van der Waals surface area contributed by atoms with Gasteiger partial charge >= 0.3 is 0 Å². The second kappa shape index (κ2) is 9.24. The zero-order chi connectivity index (χ0) is 24.6. The van der Waals surface area contributed by atoms with Crippen LogP contribution in [0.3, 0.4) is 0 Å². The van der Waals surface area contributed by atoms with Gasteiger partial charge in [-0.25, -0.2) is 9.99 Å². The van der Waals surface area contributed by atoms with Crippen molar-refractivity contribution in [2.45, 2.75) is 18.5 Å². The van der Waals surface area contributed by atoms with Gasteiger partial charge in [-0.2, -0.15) is 0 Å². The number of aryl methyl sites for hydroxylation is 1. The van der Waals surface area contributed by atoms with Gasteiger partial charge in [-0.1, -0.05) is 17.8 Å². The van der Waals surface area contributed by atoms with Crippen molar-refractivity contribution in [3.8, 4) is 10.6 Å². The summed E-state index contributed by atoms with van der Waals surface area (Å²) in [6.07, 6.45) is 4.10. The molecule has 1 aliphatic rings. The summed E-state index contributed by atoms with van der Waals surface area (Å²) < 4.78 is 1.79. The first kappa shape index (κ1) is 22.5. The number of fused-ring (bicyclic) bond motifs is 3. The molecule has 0 spiro atoms. The minimum atomic E-state index is -0.290. The van der Waals surface area contributed by atoms with E-state index >= 15 is 0 Å². The van der Waals surface area contributed by atoms with Crippen molar-refractivity contribution in [2.24, 2.45) is 0 Å². The quantitative estimate of drug-likeness (QED) is 0.324. The van der Waals surface area contributed by atoms with Crippen molar-refractivity contribution in [3.05, 3.63) is 59.4 Å². The van der Waals surface area contributed by atoms with E-state index in [9.17, 15) is 9.59 Å². The molecule has 1 fully saturated rings. The van der Waals surface area contributed by atoms with Gasteiger partial charge in [0.2, 0.25) is 0 Å². The fraction of sp³-hybridized carbons (Fsp3) is 0.217. The zero-order valence-electron chi connectivity index (χ0n) is 19.1. The largest absolute Gasteiger partial charge is 0.291 e. The number of nitrogens with zero attached hydrogens (tertiary/aromatic N) is 9. The van der Waals surface area contributed by atoms with E-state index < -0.39 is 0 Å². The number of hydrogen-bond acceptors (Lipinski definition) is 10. The molecule has 6 rings (SSSR count). The van der Waals surface area contributed by atoms with Crippen LogP contribution in [-0.4, -0.2) is 75.4 Å². The summed E-state index contributed by atoms with van der Waals surface area (Å²) in [4.78, 5) is 34.9. The van der Waals surface area contributed by atoms with Crippen LogP contribution in [-0.2, 0) is 4.79 Å². The van der Waals surface area contributed by atoms with Gasteiger partial charge in [0.05, 0.1) is 11.3 Å². The van der Waals surface area contributed by atoms with Crippen LogP contribution < -0.4 is 0 Å². The molecule has 5 aromatic rings. The van der Waals surface area contributed by atoms with Crippen molar-refractivity contribution in [3.63, 3.8) is 0 Å². The number of benzene rings is 1. The number of hydrogen-bond donors (Lipinski definition) is 0. The Labute approximate surface area is 213 Å². The Hall–Kier alpha value is -3.97. The highest BCUT2D eigenvalue weighted by Gasteiger charge is 2.32. The number of aromatic nitrogens is 7. The second-order valence-corrected chi connectivity index (χ2v) is 9.98. The molecule has 11 nitrogen and oxygen atoms in total. The van der Waals surface area contributed by atoms with E-state index in [0.717, 1.165) is 22.2 Å². The third-order valence-electron chi connectivity index (χ3n) is 5.75. The molecule has 0 radical (unpaired) electrons. The van der Waals surface area contributed by atoms with Gasteiger partial charge in [0.15, 0.2) is 5.16 Å². The average molecular weight is 518 g/mol. The Kier molecular flexibility index (Phi) is 5.77. The van der Waals surface area contributed by atoms with Crippen molar-refractivity contribution in [1.82, 2.24) is 44.8 Å². The Balaban J connectivity index is 1.18. The molecule has 36 heavy (non-hydrogen) atoms. The summed E-state index contributed by atoms with van der Waals surface area (Å²) in [6.45, 7) is 2.92. The Bertz CT molecular complexity index is 1600. The fourth-order valence-corrected chi connectivity index (χ4v) is 5.64. The maximum absolute atomic E-state index is 13.2. The van der Waals surface area contributed by atoms with Crippen LogP contribution in [0.4, 0.5) is 0 Å². The highest BCUT2D eigenvalue weighted by molar-refractivity contribution is 7.99. The lowest BCUT2D eigenvalue weighted by Crippen LogP contribution is -2.45. The fourth-order valence-electron chi connectivity index (χ4n) is 4.04. The van der Waals surface area contributed by atoms with E-state index in [2.05, 4.69) is 30.4 Å². The number of thiazole rings is 1. The molecule has 1 aliphatic heterocycles. The number of carbonyl (C=O) groups is 2. The lowest BCUT2D eigenvalue weighted by Gasteiger charge is -2.27. The topological polar surface area (TPSA) is 122 Å². The smallest absolute Gasteiger partial charge is 0.272 e. The molecule has 0 unspecified atom stereocenters. The number of thioether (sulfide) groups is 1. The molecule has 0 aliphatic carbocycles. The van der Waals surface area contributed by atoms with E-state index in [-0.39, 0.29) is 17.6 Å². The second-order valence-electron chi connectivity index (χ2n) is 8.18. The van der Waals surface area contributed by atoms with Crippen molar-refractivity contribution in [1.29, 1.82) is 0 Å². The average Bonchev–Trinajstić information content (AvgIpc) is 3.67. The Morgan fingerprint density at radius 2 is 1.94 bits per heavy atom. The maximum Gasteiger partial charge on any atom is 0.291 e. The number of pyridine rings is 1. The van der Waals surface area contributed by atoms with Crippen molar-refractivity contribution < 1.29 is 9.59 Å². The van der Waals surface area contributed by atoms with Crippen LogP contribution in [0.5, 0.6) is 0 Å². The summed E-state index contributed by atoms with van der Waals surface area (Å²) in [5.41, 5.74) is 3.77. The Morgan fingerprint density at radius 1 is 1.08 bits per heavy atom. The van der Waals surface area contributed by atoms with Crippen LogP contribution in [0.1, 0.15) is 22.5 Å². The molecule has 1 aromatic carbocycles. The number of hydrazine groups is 1. The predicted molar refractivity (Wildman–Crippen MR) is 134 cm³/mol. The van der Waals surface area contributed by atoms with E-state index in [1.807, 2.05) is 37.3 Å². The van der Waals surface area contributed by atoms with Crippen molar-refractivity contribution in [2.75, 3.05) is 18.8 Å². The molecule has 0 atom stereocenters. The van der Waals surface area contributed by atoms with Crippen LogP contribution in [0.15, 0.2) is 53.3 Å². The van der Waals surface area contributed by atoms with E-state index in [4.69, 9.17) is 0 Å². The van der Waals surface area contributed by atoms with Gasteiger partial charge in [0.25, 0.3) is 17.6 Å². The molecule has 0 saturated carbocycles. The van der Waals surface area contributed by atoms with Crippen LogP contribution in [0, 0.1) is 6.92 Å². The van der Waals surface area contributed by atoms with Gasteiger partial charge in [-0.3, -0.25) is 24.0 Å². The van der Waals surface area contributed by atoms with Gasteiger partial charge in [-0.15, -0.1) is 31.7 Å². The molecule has 2 amide bonds. The standard InChI is InChI=1S/C23H19N9O2S2/c1-14-5-6-18-16(10-14)26-27-22-28-29-23(32(18)22)36-13-19(33)30-8-3-9-31(30)21(34)17-12-35-20(25-17)15-4-2-7-24-11-15/h2,4-7,10-12H,3,8-9,13H2,1H3. The summed E-state index contributed by atoms with van der Waals surface area (Å²) >= 11 is 2.63. The summed E-state index contributed by atoms with van der Waals surface area (Å²) in [5, 5.41) is 22.6. The highest BCUT2D eigenvalue weighted by atomic mass is 32.2. The lowest BCUT2D eigenvalue weighted by molar-refractivity contribution is -0.137. The molecule has 13 heteroatoms. The van der Waals surface area contributed by atoms with E-state index in [1.54, 1.807) is 22.2 Å². The van der Waals surface area contributed by atoms with Crippen molar-refractivity contribution >= 4 is 51.7 Å². The molecular formula is C23H19N9O2S2. The third kappa shape index (κ3) is 4.05. The van der Waals surface area contributed by atoms with Gasteiger partial charge in [-0.05, 0) is 43.2 Å². The van der Waals surface area contributed by atoms with E-state index in [0.29, 0.717) is 41.1 Å². The Morgan fingerprint density at radius 3 is 2.81 bits per heavy atom. The van der Waals surface area contributed by atoms with Crippen LogP contribution in [0.2, 0.25) is 0 Å².